The molecule has 3 aromatic heterocycles. The summed E-state index contributed by atoms with van der Waals surface area (Å²) in [5, 5.41) is 2.52. The van der Waals surface area contributed by atoms with E-state index in [9.17, 15) is 0 Å². The Hall–Kier alpha value is -5.06. The first-order valence-corrected chi connectivity index (χ1v) is 14.2. The van der Waals surface area contributed by atoms with Crippen molar-refractivity contribution in [3.63, 3.8) is 0 Å². The molecule has 3 nitrogen and oxygen atoms in total. The minimum absolute atomic E-state index is 0.719. The van der Waals surface area contributed by atoms with Crippen LogP contribution in [-0.2, 0) is 0 Å². The van der Waals surface area contributed by atoms with E-state index >= 15 is 0 Å². The van der Waals surface area contributed by atoms with Gasteiger partial charge in [-0.2, -0.15) is 0 Å². The highest BCUT2D eigenvalue weighted by Gasteiger charge is 2.19. The molecule has 0 radical (unpaired) electrons. The Labute approximate surface area is 235 Å². The van der Waals surface area contributed by atoms with Gasteiger partial charge < -0.3 is 4.57 Å². The van der Waals surface area contributed by atoms with Gasteiger partial charge in [0, 0.05) is 37.9 Å². The molecule has 0 saturated heterocycles. The second-order valence-electron chi connectivity index (χ2n) is 9.87. The van der Waals surface area contributed by atoms with Gasteiger partial charge in [-0.15, -0.1) is 11.3 Å². The van der Waals surface area contributed by atoms with Crippen molar-refractivity contribution in [3.05, 3.63) is 140 Å². The summed E-state index contributed by atoms with van der Waals surface area (Å²) >= 11 is 1.86. The number of hydrogen-bond acceptors (Lipinski definition) is 3. The van der Waals surface area contributed by atoms with Gasteiger partial charge in [0.15, 0.2) is 5.82 Å². The lowest BCUT2D eigenvalue weighted by Crippen LogP contribution is -1.97. The van der Waals surface area contributed by atoms with Crippen LogP contribution in [0.2, 0.25) is 0 Å². The molecule has 0 aliphatic carbocycles. The molecular weight excluding hydrogens is 506 g/mol. The predicted octanol–water partition coefficient (Wildman–Crippen LogP) is 9.79. The molecule has 0 aliphatic rings. The molecule has 0 unspecified atom stereocenters. The number of fused-ring (bicyclic) bond motifs is 5. The van der Waals surface area contributed by atoms with E-state index in [0.29, 0.717) is 0 Å². The Balaban J connectivity index is 1.40. The molecule has 8 aromatic rings. The Bertz CT molecular complexity index is 2090. The second kappa shape index (κ2) is 9.30. The van der Waals surface area contributed by atoms with Gasteiger partial charge in [-0.25, -0.2) is 9.97 Å². The molecule has 3 heterocycles. The fourth-order valence-electron chi connectivity index (χ4n) is 5.54. The van der Waals surface area contributed by atoms with Crippen LogP contribution in [0.3, 0.4) is 0 Å². The molecular formula is C36H23N3S. The van der Waals surface area contributed by atoms with Gasteiger partial charge >= 0.3 is 0 Å². The SMILES string of the molecule is c1ccc(-c2cc(-c3ccccc3)nc(-c3ccc4c5sc6ccccc6c5n(-c5ccccc5)c4c3)n2)cc1. The molecule has 0 atom stereocenters. The van der Waals surface area contributed by atoms with Gasteiger partial charge in [0.2, 0.25) is 0 Å². The topological polar surface area (TPSA) is 30.7 Å². The van der Waals surface area contributed by atoms with Crippen molar-refractivity contribution in [2.75, 3.05) is 0 Å². The van der Waals surface area contributed by atoms with Gasteiger partial charge in [0.25, 0.3) is 0 Å². The van der Waals surface area contributed by atoms with Crippen LogP contribution in [0.4, 0.5) is 0 Å². The first kappa shape index (κ1) is 22.9. The number of nitrogens with zero attached hydrogens (tertiary/aromatic N) is 3. The van der Waals surface area contributed by atoms with Crippen molar-refractivity contribution in [3.8, 4) is 39.6 Å². The second-order valence-corrected chi connectivity index (χ2v) is 10.9. The molecule has 4 heteroatoms. The number of benzene rings is 5. The van der Waals surface area contributed by atoms with Crippen LogP contribution in [-0.4, -0.2) is 14.5 Å². The third-order valence-electron chi connectivity index (χ3n) is 7.41. The number of aromatic nitrogens is 3. The summed E-state index contributed by atoms with van der Waals surface area (Å²) < 4.78 is 5.00. The third kappa shape index (κ3) is 3.73. The van der Waals surface area contributed by atoms with Gasteiger partial charge in [-0.3, -0.25) is 0 Å². The first-order valence-electron chi connectivity index (χ1n) is 13.3. The van der Waals surface area contributed by atoms with Gasteiger partial charge in [-0.1, -0.05) is 109 Å². The number of para-hydroxylation sites is 1. The number of rotatable bonds is 4. The standard InChI is InChI=1S/C36H23N3S/c1-4-12-24(13-5-1)30-23-31(25-14-6-2-7-15-25)38-36(37-30)26-20-21-28-32(22-26)39(27-16-8-3-9-17-27)34-29-18-10-11-19-33(29)40-35(28)34/h1-23H. The maximum Gasteiger partial charge on any atom is 0.160 e. The van der Waals surface area contributed by atoms with E-state index in [1.54, 1.807) is 0 Å². The van der Waals surface area contributed by atoms with Crippen LogP contribution in [0.5, 0.6) is 0 Å². The number of hydrogen-bond donors (Lipinski definition) is 0. The smallest absolute Gasteiger partial charge is 0.160 e. The summed E-state index contributed by atoms with van der Waals surface area (Å²) in [6.45, 7) is 0. The van der Waals surface area contributed by atoms with Crippen molar-refractivity contribution in [2.24, 2.45) is 0 Å². The molecule has 0 saturated carbocycles. The zero-order valence-corrected chi connectivity index (χ0v) is 22.3. The van der Waals surface area contributed by atoms with E-state index in [2.05, 4.69) is 132 Å². The molecule has 0 bridgehead atoms. The minimum Gasteiger partial charge on any atom is -0.308 e. The molecule has 188 valence electrons. The summed E-state index contributed by atoms with van der Waals surface area (Å²) in [4.78, 5) is 10.2. The highest BCUT2D eigenvalue weighted by molar-refractivity contribution is 7.26. The summed E-state index contributed by atoms with van der Waals surface area (Å²) in [5.74, 6) is 0.719. The van der Waals surface area contributed by atoms with Crippen molar-refractivity contribution in [1.29, 1.82) is 0 Å². The van der Waals surface area contributed by atoms with Crippen LogP contribution in [0.25, 0.3) is 70.8 Å². The molecule has 0 N–H and O–H groups in total. The molecule has 0 fully saturated rings. The van der Waals surface area contributed by atoms with E-state index in [0.717, 1.165) is 45.1 Å². The Morgan fingerprint density at radius 2 is 1.10 bits per heavy atom. The molecule has 0 amide bonds. The van der Waals surface area contributed by atoms with E-state index in [1.165, 1.54) is 25.7 Å². The van der Waals surface area contributed by atoms with Crippen LogP contribution < -0.4 is 0 Å². The highest BCUT2D eigenvalue weighted by Crippen LogP contribution is 2.43. The van der Waals surface area contributed by atoms with Crippen molar-refractivity contribution in [1.82, 2.24) is 14.5 Å². The summed E-state index contributed by atoms with van der Waals surface area (Å²) in [7, 11) is 0. The molecule has 8 rings (SSSR count). The maximum absolute atomic E-state index is 5.08. The fraction of sp³-hybridized carbons (Fsp3) is 0. The number of thiophene rings is 1. The molecule has 0 spiro atoms. The monoisotopic (exact) mass is 529 g/mol. The Morgan fingerprint density at radius 1 is 0.500 bits per heavy atom. The van der Waals surface area contributed by atoms with Crippen LogP contribution >= 0.6 is 11.3 Å². The predicted molar refractivity (Wildman–Crippen MR) is 168 cm³/mol. The summed E-state index contributed by atoms with van der Waals surface area (Å²) in [6.07, 6.45) is 0. The lowest BCUT2D eigenvalue weighted by Gasteiger charge is -2.11. The van der Waals surface area contributed by atoms with Gasteiger partial charge in [-0.05, 0) is 30.3 Å². The van der Waals surface area contributed by atoms with E-state index in [4.69, 9.17) is 9.97 Å². The molecule has 5 aromatic carbocycles. The lowest BCUT2D eigenvalue weighted by molar-refractivity contribution is 1.17. The van der Waals surface area contributed by atoms with Crippen LogP contribution in [0.1, 0.15) is 0 Å². The van der Waals surface area contributed by atoms with Gasteiger partial charge in [0.05, 0.1) is 27.1 Å². The Kier molecular flexibility index (Phi) is 5.32. The minimum atomic E-state index is 0.719. The maximum atomic E-state index is 5.08. The molecule has 0 aliphatic heterocycles. The Morgan fingerprint density at radius 3 is 1.77 bits per heavy atom. The summed E-state index contributed by atoms with van der Waals surface area (Å²) in [5.41, 5.74) is 8.52. The highest BCUT2D eigenvalue weighted by atomic mass is 32.1. The van der Waals surface area contributed by atoms with E-state index < -0.39 is 0 Å². The molecule has 40 heavy (non-hydrogen) atoms. The zero-order chi connectivity index (χ0) is 26.5. The average molecular weight is 530 g/mol. The van der Waals surface area contributed by atoms with Gasteiger partial charge in [0.1, 0.15) is 0 Å². The van der Waals surface area contributed by atoms with Crippen LogP contribution in [0.15, 0.2) is 140 Å². The van der Waals surface area contributed by atoms with Crippen molar-refractivity contribution < 1.29 is 0 Å². The largest absolute Gasteiger partial charge is 0.308 e. The van der Waals surface area contributed by atoms with E-state index in [1.807, 2.05) is 23.5 Å². The van der Waals surface area contributed by atoms with Crippen molar-refractivity contribution >= 4 is 42.5 Å². The lowest BCUT2D eigenvalue weighted by atomic mass is 10.1. The zero-order valence-electron chi connectivity index (χ0n) is 21.5. The fourth-order valence-corrected chi connectivity index (χ4v) is 6.76. The summed E-state index contributed by atoms with van der Waals surface area (Å²) in [6, 6.07) is 48.7. The van der Waals surface area contributed by atoms with E-state index in [-0.39, 0.29) is 0 Å². The van der Waals surface area contributed by atoms with Crippen LogP contribution in [0, 0.1) is 0 Å². The normalized spacial score (nSPS) is 11.5. The third-order valence-corrected chi connectivity index (χ3v) is 8.61. The van der Waals surface area contributed by atoms with Crippen molar-refractivity contribution in [2.45, 2.75) is 0 Å². The average Bonchev–Trinajstić information content (AvgIpc) is 3.56. The quantitative estimate of drug-likeness (QED) is 0.227. The first-order chi connectivity index (χ1) is 19.8.